The Kier molecular flexibility index (Phi) is 6.76. The fourth-order valence-corrected chi connectivity index (χ4v) is 3.09. The van der Waals surface area contributed by atoms with Crippen molar-refractivity contribution < 1.29 is 4.79 Å². The van der Waals surface area contributed by atoms with Crippen LogP contribution in [0, 0.1) is 0 Å². The summed E-state index contributed by atoms with van der Waals surface area (Å²) in [6.07, 6.45) is 10.8. The van der Waals surface area contributed by atoms with Crippen molar-refractivity contribution in [2.45, 2.75) is 38.5 Å². The number of allylic oxidation sites excluding steroid dienone is 1. The molecule has 2 aromatic rings. The number of benzene rings is 1. The molecule has 5 nitrogen and oxygen atoms in total. The molecule has 1 heterocycles. The third-order valence-corrected chi connectivity index (χ3v) is 4.54. The molecular formula is C21H26N4O. The molecule has 2 N–H and O–H groups in total. The van der Waals surface area contributed by atoms with Crippen molar-refractivity contribution in [3.05, 3.63) is 65.5 Å². The molecule has 0 saturated carbocycles. The third-order valence-electron chi connectivity index (χ3n) is 4.54. The molecule has 0 aliphatic heterocycles. The number of rotatable bonds is 8. The highest BCUT2D eigenvalue weighted by molar-refractivity contribution is 5.92. The Morgan fingerprint density at radius 1 is 1.04 bits per heavy atom. The molecule has 0 spiro atoms. The highest BCUT2D eigenvalue weighted by atomic mass is 16.1. The van der Waals surface area contributed by atoms with E-state index in [0.29, 0.717) is 18.2 Å². The first-order valence-electron chi connectivity index (χ1n) is 9.38. The maximum Gasteiger partial charge on any atom is 0.270 e. The van der Waals surface area contributed by atoms with Gasteiger partial charge in [0.2, 0.25) is 5.95 Å². The maximum absolute atomic E-state index is 12.3. The quantitative estimate of drug-likeness (QED) is 0.712. The predicted octanol–water partition coefficient (Wildman–Crippen LogP) is 3.75. The van der Waals surface area contributed by atoms with Crippen molar-refractivity contribution in [2.24, 2.45) is 0 Å². The lowest BCUT2D eigenvalue weighted by atomic mass is 9.97. The number of nitrogens with one attached hydrogen (secondary N) is 2. The van der Waals surface area contributed by atoms with Gasteiger partial charge in [-0.25, -0.2) is 9.97 Å². The molecular weight excluding hydrogens is 324 g/mol. The zero-order valence-corrected chi connectivity index (χ0v) is 15.1. The average Bonchev–Trinajstić information content (AvgIpc) is 2.70. The van der Waals surface area contributed by atoms with Gasteiger partial charge in [0.25, 0.3) is 5.91 Å². The van der Waals surface area contributed by atoms with Crippen LogP contribution in [0.4, 0.5) is 5.95 Å². The fourth-order valence-electron chi connectivity index (χ4n) is 3.09. The highest BCUT2D eigenvalue weighted by Gasteiger charge is 2.09. The zero-order chi connectivity index (χ0) is 18.0. The SMILES string of the molecule is O=C(NCCc1ccccc1)c1ccnc(NCCC2=CCCCC2)n1. The van der Waals surface area contributed by atoms with Crippen molar-refractivity contribution in [1.82, 2.24) is 15.3 Å². The second-order valence-electron chi connectivity index (χ2n) is 6.54. The van der Waals surface area contributed by atoms with Crippen molar-refractivity contribution in [2.75, 3.05) is 18.4 Å². The molecule has 0 radical (unpaired) electrons. The van der Waals surface area contributed by atoms with Crippen LogP contribution in [0.2, 0.25) is 0 Å². The van der Waals surface area contributed by atoms with E-state index in [1.165, 1.54) is 36.8 Å². The van der Waals surface area contributed by atoms with Gasteiger partial charge in [-0.2, -0.15) is 0 Å². The van der Waals surface area contributed by atoms with E-state index >= 15 is 0 Å². The molecule has 0 fully saturated rings. The molecule has 0 atom stereocenters. The Bertz CT molecular complexity index is 743. The standard InChI is InChI=1S/C21H26N4O/c26-20(22-14-11-17-7-3-1-4-8-17)19-13-16-24-21(25-19)23-15-12-18-9-5-2-6-10-18/h1,3-4,7-9,13,16H,2,5-6,10-12,14-15H2,(H,22,26)(H,23,24,25). The minimum absolute atomic E-state index is 0.165. The summed E-state index contributed by atoms with van der Waals surface area (Å²) >= 11 is 0. The van der Waals surface area contributed by atoms with Crippen molar-refractivity contribution >= 4 is 11.9 Å². The van der Waals surface area contributed by atoms with Crippen LogP contribution < -0.4 is 10.6 Å². The Balaban J connectivity index is 1.45. The van der Waals surface area contributed by atoms with Gasteiger partial charge in [-0.1, -0.05) is 42.0 Å². The summed E-state index contributed by atoms with van der Waals surface area (Å²) in [5.41, 5.74) is 3.11. The largest absolute Gasteiger partial charge is 0.354 e. The molecule has 1 aromatic heterocycles. The Morgan fingerprint density at radius 3 is 2.73 bits per heavy atom. The Morgan fingerprint density at radius 2 is 1.92 bits per heavy atom. The van der Waals surface area contributed by atoms with Gasteiger partial charge < -0.3 is 10.6 Å². The van der Waals surface area contributed by atoms with E-state index in [4.69, 9.17) is 0 Å². The van der Waals surface area contributed by atoms with Gasteiger partial charge in [-0.15, -0.1) is 0 Å². The summed E-state index contributed by atoms with van der Waals surface area (Å²) in [6, 6.07) is 11.8. The monoisotopic (exact) mass is 350 g/mol. The summed E-state index contributed by atoms with van der Waals surface area (Å²) in [5.74, 6) is 0.346. The van der Waals surface area contributed by atoms with Crippen molar-refractivity contribution in [1.29, 1.82) is 0 Å². The van der Waals surface area contributed by atoms with E-state index < -0.39 is 0 Å². The average molecular weight is 350 g/mol. The van der Waals surface area contributed by atoms with E-state index in [-0.39, 0.29) is 5.91 Å². The first-order chi connectivity index (χ1) is 12.8. The lowest BCUT2D eigenvalue weighted by Gasteiger charge is -2.13. The van der Waals surface area contributed by atoms with Gasteiger partial charge in [0.1, 0.15) is 5.69 Å². The smallest absolute Gasteiger partial charge is 0.270 e. The van der Waals surface area contributed by atoms with Crippen LogP contribution in [0.1, 0.15) is 48.2 Å². The molecule has 1 aliphatic carbocycles. The van der Waals surface area contributed by atoms with Gasteiger partial charge in [0.05, 0.1) is 0 Å². The summed E-state index contributed by atoms with van der Waals surface area (Å²) in [5, 5.41) is 6.14. The lowest BCUT2D eigenvalue weighted by molar-refractivity contribution is 0.0949. The number of hydrogen-bond acceptors (Lipinski definition) is 4. The van der Waals surface area contributed by atoms with Crippen molar-refractivity contribution in [3.63, 3.8) is 0 Å². The second kappa shape index (κ2) is 9.70. The fraction of sp³-hybridized carbons (Fsp3) is 0.381. The number of carbonyl (C=O) groups is 1. The second-order valence-corrected chi connectivity index (χ2v) is 6.54. The predicted molar refractivity (Wildman–Crippen MR) is 104 cm³/mol. The summed E-state index contributed by atoms with van der Waals surface area (Å²) < 4.78 is 0. The minimum atomic E-state index is -0.165. The summed E-state index contributed by atoms with van der Waals surface area (Å²) in [6.45, 7) is 1.38. The number of aromatic nitrogens is 2. The number of anilines is 1. The first kappa shape index (κ1) is 18.1. The number of amides is 1. The van der Waals surface area contributed by atoms with Crippen molar-refractivity contribution in [3.8, 4) is 0 Å². The summed E-state index contributed by atoms with van der Waals surface area (Å²) in [4.78, 5) is 20.8. The lowest BCUT2D eigenvalue weighted by Crippen LogP contribution is -2.27. The van der Waals surface area contributed by atoms with Crippen LogP contribution in [0.3, 0.4) is 0 Å². The third kappa shape index (κ3) is 5.69. The normalized spacial score (nSPS) is 13.8. The van der Waals surface area contributed by atoms with Crippen LogP contribution in [-0.2, 0) is 6.42 Å². The maximum atomic E-state index is 12.3. The summed E-state index contributed by atoms with van der Waals surface area (Å²) in [7, 11) is 0. The van der Waals surface area contributed by atoms with E-state index in [0.717, 1.165) is 19.4 Å². The first-order valence-corrected chi connectivity index (χ1v) is 9.38. The molecule has 1 aliphatic rings. The van der Waals surface area contributed by atoms with E-state index in [9.17, 15) is 4.79 Å². The molecule has 0 unspecified atom stereocenters. The Labute approximate surface area is 155 Å². The Hall–Kier alpha value is -2.69. The molecule has 26 heavy (non-hydrogen) atoms. The van der Waals surface area contributed by atoms with E-state index in [2.05, 4.69) is 38.8 Å². The molecule has 1 amide bonds. The number of nitrogens with zero attached hydrogens (tertiary/aromatic N) is 2. The number of hydrogen-bond donors (Lipinski definition) is 2. The van der Waals surface area contributed by atoms with E-state index in [1.54, 1.807) is 12.3 Å². The van der Waals surface area contributed by atoms with Crippen LogP contribution >= 0.6 is 0 Å². The van der Waals surface area contributed by atoms with Crippen LogP contribution in [-0.4, -0.2) is 29.0 Å². The molecule has 0 bridgehead atoms. The van der Waals surface area contributed by atoms with Gasteiger partial charge in [0, 0.05) is 19.3 Å². The van der Waals surface area contributed by atoms with Crippen LogP contribution in [0.5, 0.6) is 0 Å². The zero-order valence-electron chi connectivity index (χ0n) is 15.1. The topological polar surface area (TPSA) is 66.9 Å². The molecule has 1 aromatic carbocycles. The van der Waals surface area contributed by atoms with Gasteiger partial charge in [-0.05, 0) is 50.2 Å². The van der Waals surface area contributed by atoms with Gasteiger partial charge in [0.15, 0.2) is 0 Å². The van der Waals surface area contributed by atoms with E-state index in [1.807, 2.05) is 18.2 Å². The van der Waals surface area contributed by atoms with Crippen LogP contribution in [0.15, 0.2) is 54.2 Å². The number of carbonyl (C=O) groups excluding carboxylic acids is 1. The minimum Gasteiger partial charge on any atom is -0.354 e. The molecule has 0 saturated heterocycles. The van der Waals surface area contributed by atoms with Gasteiger partial charge in [-0.3, -0.25) is 4.79 Å². The highest BCUT2D eigenvalue weighted by Crippen LogP contribution is 2.19. The molecule has 136 valence electrons. The molecule has 5 heteroatoms. The van der Waals surface area contributed by atoms with Gasteiger partial charge >= 0.3 is 0 Å². The van der Waals surface area contributed by atoms with Crippen LogP contribution in [0.25, 0.3) is 0 Å². The molecule has 3 rings (SSSR count).